The molecule has 3 rings (SSSR count). The second-order valence-electron chi connectivity index (χ2n) is 6.44. The highest BCUT2D eigenvalue weighted by Gasteiger charge is 2.14. The third-order valence-electron chi connectivity index (χ3n) is 4.78. The van der Waals surface area contributed by atoms with Crippen LogP contribution in [0.25, 0.3) is 11.0 Å². The number of methoxy groups -OCH3 is 3. The van der Waals surface area contributed by atoms with Crippen LogP contribution in [0.15, 0.2) is 39.9 Å². The van der Waals surface area contributed by atoms with Gasteiger partial charge in [0.05, 0.1) is 32.4 Å². The summed E-state index contributed by atoms with van der Waals surface area (Å²) < 4.78 is 17.3. The van der Waals surface area contributed by atoms with Gasteiger partial charge in [0.2, 0.25) is 0 Å². The topological polar surface area (TPSA) is 112 Å². The number of aryl methyl sites for hydroxylation is 1. The molecule has 0 aliphatic heterocycles. The van der Waals surface area contributed by atoms with Crippen molar-refractivity contribution in [1.82, 2.24) is 14.9 Å². The molecule has 0 fully saturated rings. The van der Waals surface area contributed by atoms with Gasteiger partial charge in [0.15, 0.2) is 11.5 Å². The van der Waals surface area contributed by atoms with Gasteiger partial charge in [-0.1, -0.05) is 0 Å². The number of aromatic amines is 1. The Morgan fingerprint density at radius 2 is 1.67 bits per heavy atom. The number of nitrogens with one attached hydrogen (secondary N) is 2. The van der Waals surface area contributed by atoms with Crippen molar-refractivity contribution in [2.45, 2.75) is 20.0 Å². The lowest BCUT2D eigenvalue weighted by Gasteiger charge is -2.15. The van der Waals surface area contributed by atoms with E-state index in [1.165, 1.54) is 25.9 Å². The molecular formula is C21H23N3O6. The number of carbonyl (C=O) groups is 1. The van der Waals surface area contributed by atoms with Gasteiger partial charge in [-0.25, -0.2) is 0 Å². The molecule has 3 aromatic rings. The predicted molar refractivity (Wildman–Crippen MR) is 112 cm³/mol. The van der Waals surface area contributed by atoms with Crippen molar-refractivity contribution in [2.75, 3.05) is 21.3 Å². The van der Waals surface area contributed by atoms with Crippen molar-refractivity contribution in [3.8, 4) is 17.2 Å². The van der Waals surface area contributed by atoms with E-state index in [0.717, 1.165) is 0 Å². The van der Waals surface area contributed by atoms with Gasteiger partial charge in [-0.05, 0) is 31.2 Å². The highest BCUT2D eigenvalue weighted by molar-refractivity contribution is 5.97. The van der Waals surface area contributed by atoms with Gasteiger partial charge >= 0.3 is 11.1 Å². The van der Waals surface area contributed by atoms with Gasteiger partial charge in [0.1, 0.15) is 5.75 Å². The molecule has 0 radical (unpaired) electrons. The minimum absolute atomic E-state index is 0.186. The Labute approximate surface area is 172 Å². The number of fused-ring (bicyclic) bond motifs is 1. The summed E-state index contributed by atoms with van der Waals surface area (Å²) in [6.45, 7) is 2.31. The van der Waals surface area contributed by atoms with Gasteiger partial charge in [0.25, 0.3) is 5.91 Å². The second kappa shape index (κ2) is 8.73. The Bertz CT molecular complexity index is 1210. The zero-order chi connectivity index (χ0) is 21.8. The van der Waals surface area contributed by atoms with Gasteiger partial charge < -0.3 is 29.1 Å². The monoisotopic (exact) mass is 413 g/mol. The molecule has 1 amide bonds. The van der Waals surface area contributed by atoms with Crippen molar-refractivity contribution in [3.05, 3.63) is 62.2 Å². The normalized spacial score (nSPS) is 10.7. The summed E-state index contributed by atoms with van der Waals surface area (Å²) in [5.41, 5.74) is 0.675. The zero-order valence-electron chi connectivity index (χ0n) is 17.2. The Balaban J connectivity index is 1.88. The Hall–Kier alpha value is -3.75. The van der Waals surface area contributed by atoms with Gasteiger partial charge in [-0.2, -0.15) is 0 Å². The third-order valence-corrected chi connectivity index (χ3v) is 4.78. The fourth-order valence-corrected chi connectivity index (χ4v) is 3.24. The SMILES string of the molecule is CCn1c(=O)c(=O)[nH]c2cc(C(=O)NCc3cc(OC)c(OC)cc3OC)ccc21. The van der Waals surface area contributed by atoms with Crippen molar-refractivity contribution in [1.29, 1.82) is 0 Å². The molecule has 2 N–H and O–H groups in total. The molecule has 0 atom stereocenters. The number of hydrogen-bond acceptors (Lipinski definition) is 6. The number of H-pyrrole nitrogens is 1. The van der Waals surface area contributed by atoms with E-state index in [1.807, 2.05) is 0 Å². The van der Waals surface area contributed by atoms with E-state index in [9.17, 15) is 14.4 Å². The molecule has 0 aliphatic carbocycles. The summed E-state index contributed by atoms with van der Waals surface area (Å²) in [6, 6.07) is 8.21. The quantitative estimate of drug-likeness (QED) is 0.570. The highest BCUT2D eigenvalue weighted by atomic mass is 16.5. The third kappa shape index (κ3) is 3.86. The van der Waals surface area contributed by atoms with Crippen LogP contribution in [0.4, 0.5) is 0 Å². The van der Waals surface area contributed by atoms with E-state index in [4.69, 9.17) is 14.2 Å². The van der Waals surface area contributed by atoms with Crippen LogP contribution >= 0.6 is 0 Å². The van der Waals surface area contributed by atoms with Crippen LogP contribution in [-0.4, -0.2) is 36.8 Å². The van der Waals surface area contributed by atoms with E-state index in [-0.39, 0.29) is 12.5 Å². The molecule has 158 valence electrons. The number of carbonyl (C=O) groups excluding carboxylic acids is 1. The van der Waals surface area contributed by atoms with Gasteiger partial charge in [-0.15, -0.1) is 0 Å². The standard InChI is InChI=1S/C21H23N3O6/c1-5-24-15-7-6-12(8-14(15)23-20(26)21(24)27)19(25)22-11-13-9-17(29-3)18(30-4)10-16(13)28-2/h6-10H,5,11H2,1-4H3,(H,22,25)(H,23,26). The summed E-state index contributed by atoms with van der Waals surface area (Å²) >= 11 is 0. The lowest BCUT2D eigenvalue weighted by molar-refractivity contribution is 0.0950. The fraction of sp³-hybridized carbons (Fsp3) is 0.286. The maximum Gasteiger partial charge on any atom is 0.316 e. The summed E-state index contributed by atoms with van der Waals surface area (Å²) in [5.74, 6) is 1.24. The Morgan fingerprint density at radius 3 is 2.30 bits per heavy atom. The number of amides is 1. The lowest BCUT2D eigenvalue weighted by Crippen LogP contribution is -2.36. The number of benzene rings is 2. The second-order valence-corrected chi connectivity index (χ2v) is 6.44. The van der Waals surface area contributed by atoms with E-state index in [2.05, 4.69) is 10.3 Å². The minimum atomic E-state index is -0.725. The van der Waals surface area contributed by atoms with Crippen molar-refractivity contribution in [3.63, 3.8) is 0 Å². The maximum absolute atomic E-state index is 12.7. The van der Waals surface area contributed by atoms with Crippen LogP contribution in [0.2, 0.25) is 0 Å². The number of nitrogens with zero attached hydrogens (tertiary/aromatic N) is 1. The lowest BCUT2D eigenvalue weighted by atomic mass is 10.1. The average molecular weight is 413 g/mol. The molecule has 9 heteroatoms. The Morgan fingerprint density at radius 1 is 1.00 bits per heavy atom. The zero-order valence-corrected chi connectivity index (χ0v) is 17.2. The van der Waals surface area contributed by atoms with E-state index >= 15 is 0 Å². The molecular weight excluding hydrogens is 390 g/mol. The summed E-state index contributed by atoms with van der Waals surface area (Å²) in [4.78, 5) is 39.0. The molecule has 2 aromatic carbocycles. The largest absolute Gasteiger partial charge is 0.496 e. The van der Waals surface area contributed by atoms with Crippen LogP contribution in [0.1, 0.15) is 22.8 Å². The first-order valence-electron chi connectivity index (χ1n) is 9.27. The molecule has 0 unspecified atom stereocenters. The molecule has 30 heavy (non-hydrogen) atoms. The van der Waals surface area contributed by atoms with Crippen LogP contribution in [0.5, 0.6) is 17.2 Å². The summed E-state index contributed by atoms with van der Waals surface area (Å²) in [7, 11) is 4.58. The van der Waals surface area contributed by atoms with Gasteiger partial charge in [-0.3, -0.25) is 14.4 Å². The smallest absolute Gasteiger partial charge is 0.316 e. The van der Waals surface area contributed by atoms with Crippen LogP contribution < -0.4 is 30.6 Å². The molecule has 0 bridgehead atoms. The minimum Gasteiger partial charge on any atom is -0.496 e. The molecule has 1 heterocycles. The van der Waals surface area contributed by atoms with Crippen LogP contribution in [0, 0.1) is 0 Å². The summed E-state index contributed by atoms with van der Waals surface area (Å²) in [5, 5.41) is 2.82. The first-order valence-corrected chi connectivity index (χ1v) is 9.27. The first-order chi connectivity index (χ1) is 14.4. The fourth-order valence-electron chi connectivity index (χ4n) is 3.24. The van der Waals surface area contributed by atoms with Crippen molar-refractivity contribution >= 4 is 16.9 Å². The number of rotatable bonds is 7. The van der Waals surface area contributed by atoms with Crippen LogP contribution in [0.3, 0.4) is 0 Å². The number of ether oxygens (including phenoxy) is 3. The maximum atomic E-state index is 12.7. The van der Waals surface area contributed by atoms with Crippen molar-refractivity contribution in [2.24, 2.45) is 0 Å². The molecule has 1 aromatic heterocycles. The molecule has 0 saturated carbocycles. The predicted octanol–water partition coefficient (Wildman–Crippen LogP) is 1.67. The molecule has 0 spiro atoms. The average Bonchev–Trinajstić information content (AvgIpc) is 2.77. The van der Waals surface area contributed by atoms with Gasteiger partial charge in [0, 0.05) is 30.3 Å². The highest BCUT2D eigenvalue weighted by Crippen LogP contribution is 2.34. The number of hydrogen-bond donors (Lipinski definition) is 2. The molecule has 0 saturated heterocycles. The van der Waals surface area contributed by atoms with E-state index in [0.29, 0.717) is 46.0 Å². The molecule has 9 nitrogen and oxygen atoms in total. The Kier molecular flexibility index (Phi) is 6.10. The van der Waals surface area contributed by atoms with E-state index < -0.39 is 11.1 Å². The van der Waals surface area contributed by atoms with Crippen molar-refractivity contribution < 1.29 is 19.0 Å². The van der Waals surface area contributed by atoms with E-state index in [1.54, 1.807) is 37.3 Å². The summed E-state index contributed by atoms with van der Waals surface area (Å²) in [6.07, 6.45) is 0. The first kappa shape index (κ1) is 21.0. The number of aromatic nitrogens is 2. The molecule has 0 aliphatic rings. The van der Waals surface area contributed by atoms with Crippen LogP contribution in [-0.2, 0) is 13.1 Å².